The Kier molecular flexibility index (Phi) is 6.16. The molecule has 4 aromatic rings. The molecule has 32 heavy (non-hydrogen) atoms. The van der Waals surface area contributed by atoms with Crippen molar-refractivity contribution in [1.82, 2.24) is 0 Å². The number of aromatic hydroxyl groups is 1. The van der Waals surface area contributed by atoms with Crippen LogP contribution in [-0.4, -0.2) is 27.7 Å². The summed E-state index contributed by atoms with van der Waals surface area (Å²) in [5.41, 5.74) is 0.349. The number of rotatable bonds is 7. The lowest BCUT2D eigenvalue weighted by molar-refractivity contribution is 0.392. The van der Waals surface area contributed by atoms with Gasteiger partial charge >= 0.3 is 0 Å². The zero-order valence-corrected chi connectivity index (χ0v) is 19.0. The van der Waals surface area contributed by atoms with Crippen LogP contribution in [0.2, 0.25) is 0 Å². The highest BCUT2D eigenvalue weighted by atomic mass is 32.2. The van der Waals surface area contributed by atoms with Crippen LogP contribution in [0.4, 0.5) is 5.69 Å². The first-order valence-electron chi connectivity index (χ1n) is 9.65. The Morgan fingerprint density at radius 1 is 0.844 bits per heavy atom. The van der Waals surface area contributed by atoms with Crippen molar-refractivity contribution in [2.45, 2.75) is 14.7 Å². The Hall–Kier alpha value is -3.36. The zero-order valence-electron chi connectivity index (χ0n) is 17.4. The van der Waals surface area contributed by atoms with Gasteiger partial charge in [0.25, 0.3) is 10.0 Å². The Morgan fingerprint density at radius 3 is 2.22 bits per heavy atom. The normalized spacial score (nSPS) is 11.3. The number of hydrogen-bond acceptors (Lipinski definition) is 6. The van der Waals surface area contributed by atoms with E-state index in [1.165, 1.54) is 32.0 Å². The maximum Gasteiger partial charge on any atom is 0.265 e. The number of nitrogens with one attached hydrogen (secondary N) is 1. The van der Waals surface area contributed by atoms with E-state index in [1.807, 2.05) is 30.3 Å². The zero-order chi connectivity index (χ0) is 22.7. The SMILES string of the molecule is COc1ccc(OC)c(S(=O)(=O)Nc2cc(Sc3ccccc3)c(O)c3ccccc23)c1. The molecule has 0 bridgehead atoms. The number of hydrogen-bond donors (Lipinski definition) is 2. The van der Waals surface area contributed by atoms with Crippen molar-refractivity contribution >= 4 is 38.2 Å². The molecular formula is C24H21NO5S2. The fourth-order valence-electron chi connectivity index (χ4n) is 3.31. The van der Waals surface area contributed by atoms with Crippen molar-refractivity contribution in [1.29, 1.82) is 0 Å². The van der Waals surface area contributed by atoms with Crippen LogP contribution in [0.3, 0.4) is 0 Å². The number of phenolic OH excluding ortho intramolecular Hbond substituents is 1. The summed E-state index contributed by atoms with van der Waals surface area (Å²) in [5, 5.41) is 12.0. The molecule has 0 saturated carbocycles. The minimum absolute atomic E-state index is 0.0474. The second kappa shape index (κ2) is 9.02. The Labute approximate surface area is 190 Å². The first kappa shape index (κ1) is 21.9. The average Bonchev–Trinajstić information content (AvgIpc) is 2.82. The van der Waals surface area contributed by atoms with Gasteiger partial charge in [-0.2, -0.15) is 0 Å². The maximum atomic E-state index is 13.3. The predicted octanol–water partition coefficient (Wildman–Crippen LogP) is 5.51. The molecule has 0 aliphatic heterocycles. The second-order valence-corrected chi connectivity index (χ2v) is 9.62. The van der Waals surface area contributed by atoms with Gasteiger partial charge in [-0.25, -0.2) is 8.42 Å². The van der Waals surface area contributed by atoms with E-state index in [2.05, 4.69) is 4.72 Å². The first-order valence-corrected chi connectivity index (χ1v) is 12.0. The highest BCUT2D eigenvalue weighted by molar-refractivity contribution is 7.99. The highest BCUT2D eigenvalue weighted by Gasteiger charge is 2.23. The quantitative estimate of drug-likeness (QED) is 0.349. The van der Waals surface area contributed by atoms with Crippen LogP contribution >= 0.6 is 11.8 Å². The molecule has 4 aromatic carbocycles. The number of benzene rings is 4. The van der Waals surface area contributed by atoms with Gasteiger partial charge in [-0.3, -0.25) is 4.72 Å². The fourth-order valence-corrected chi connectivity index (χ4v) is 5.49. The fraction of sp³-hybridized carbons (Fsp3) is 0.0833. The largest absolute Gasteiger partial charge is 0.506 e. The van der Waals surface area contributed by atoms with E-state index in [4.69, 9.17) is 9.47 Å². The van der Waals surface area contributed by atoms with E-state index in [1.54, 1.807) is 42.5 Å². The molecule has 0 spiro atoms. The number of methoxy groups -OCH3 is 2. The van der Waals surface area contributed by atoms with Gasteiger partial charge in [-0.05, 0) is 30.3 Å². The Bertz CT molecular complexity index is 1370. The molecule has 0 amide bonds. The van der Waals surface area contributed by atoms with Gasteiger partial charge in [-0.15, -0.1) is 0 Å². The molecule has 0 saturated heterocycles. The van der Waals surface area contributed by atoms with Gasteiger partial charge in [0.1, 0.15) is 22.1 Å². The lowest BCUT2D eigenvalue weighted by Crippen LogP contribution is -2.14. The Morgan fingerprint density at radius 2 is 1.53 bits per heavy atom. The molecule has 0 heterocycles. The monoisotopic (exact) mass is 467 g/mol. The average molecular weight is 468 g/mol. The van der Waals surface area contributed by atoms with Crippen LogP contribution in [-0.2, 0) is 10.0 Å². The standard InChI is InChI=1S/C24H21NO5S2/c1-29-16-12-13-21(30-2)23(14-16)32(27,28)25-20-15-22(31-17-8-4-3-5-9-17)24(26)19-11-7-6-10-18(19)20/h3-15,25-26H,1-2H3. The highest BCUT2D eigenvalue weighted by Crippen LogP contribution is 2.43. The molecule has 8 heteroatoms. The third-order valence-electron chi connectivity index (χ3n) is 4.86. The van der Waals surface area contributed by atoms with E-state index in [9.17, 15) is 13.5 Å². The van der Waals surface area contributed by atoms with Gasteiger partial charge < -0.3 is 14.6 Å². The van der Waals surface area contributed by atoms with Crippen molar-refractivity contribution in [2.75, 3.05) is 18.9 Å². The van der Waals surface area contributed by atoms with Crippen molar-refractivity contribution in [3.8, 4) is 17.2 Å². The van der Waals surface area contributed by atoms with Crippen LogP contribution < -0.4 is 14.2 Å². The molecule has 6 nitrogen and oxygen atoms in total. The summed E-state index contributed by atoms with van der Waals surface area (Å²) >= 11 is 1.35. The van der Waals surface area contributed by atoms with Crippen molar-refractivity contribution in [3.63, 3.8) is 0 Å². The van der Waals surface area contributed by atoms with Crippen LogP contribution in [0.5, 0.6) is 17.2 Å². The van der Waals surface area contributed by atoms with Crippen molar-refractivity contribution in [2.24, 2.45) is 0 Å². The van der Waals surface area contributed by atoms with Crippen molar-refractivity contribution < 1.29 is 23.0 Å². The predicted molar refractivity (Wildman–Crippen MR) is 127 cm³/mol. The number of fused-ring (bicyclic) bond motifs is 1. The molecule has 0 fully saturated rings. The number of ether oxygens (including phenoxy) is 2. The molecule has 0 unspecified atom stereocenters. The molecule has 4 rings (SSSR count). The van der Waals surface area contributed by atoms with Gasteiger partial charge in [0, 0.05) is 21.7 Å². The molecule has 2 N–H and O–H groups in total. The molecule has 0 aromatic heterocycles. The number of phenols is 1. The molecule has 0 aliphatic carbocycles. The Balaban J connectivity index is 1.83. The third kappa shape index (κ3) is 4.32. The lowest BCUT2D eigenvalue weighted by Gasteiger charge is -2.16. The summed E-state index contributed by atoms with van der Waals surface area (Å²) in [6.45, 7) is 0. The van der Waals surface area contributed by atoms with Crippen LogP contribution in [0.15, 0.2) is 93.5 Å². The number of anilines is 1. The topological polar surface area (TPSA) is 84.9 Å². The maximum absolute atomic E-state index is 13.3. The minimum Gasteiger partial charge on any atom is -0.506 e. The summed E-state index contributed by atoms with van der Waals surface area (Å²) in [7, 11) is -1.16. The third-order valence-corrected chi connectivity index (χ3v) is 7.28. The van der Waals surface area contributed by atoms with Crippen LogP contribution in [0.1, 0.15) is 0 Å². The summed E-state index contributed by atoms with van der Waals surface area (Å²) < 4.78 is 39.8. The summed E-state index contributed by atoms with van der Waals surface area (Å²) in [4.78, 5) is 1.40. The van der Waals surface area contributed by atoms with Gasteiger partial charge in [0.05, 0.1) is 24.8 Å². The van der Waals surface area contributed by atoms with Crippen LogP contribution in [0, 0.1) is 0 Å². The second-order valence-electron chi connectivity index (χ2n) is 6.85. The van der Waals surface area contributed by atoms with Crippen molar-refractivity contribution in [3.05, 3.63) is 78.9 Å². The molecule has 0 aliphatic rings. The lowest BCUT2D eigenvalue weighted by atomic mass is 10.1. The summed E-state index contributed by atoms with van der Waals surface area (Å²) in [6, 6.07) is 22.9. The van der Waals surface area contributed by atoms with E-state index in [0.717, 1.165) is 4.90 Å². The molecule has 164 valence electrons. The van der Waals surface area contributed by atoms with Gasteiger partial charge in [0.15, 0.2) is 0 Å². The van der Waals surface area contributed by atoms with E-state index < -0.39 is 10.0 Å². The van der Waals surface area contributed by atoms with E-state index >= 15 is 0 Å². The molecule has 0 radical (unpaired) electrons. The molecular weight excluding hydrogens is 446 g/mol. The first-order chi connectivity index (χ1) is 15.4. The van der Waals surface area contributed by atoms with E-state index in [0.29, 0.717) is 27.1 Å². The smallest absolute Gasteiger partial charge is 0.265 e. The summed E-state index contributed by atoms with van der Waals surface area (Å²) in [6.07, 6.45) is 0. The minimum atomic E-state index is -4.03. The summed E-state index contributed by atoms with van der Waals surface area (Å²) in [5.74, 6) is 0.679. The van der Waals surface area contributed by atoms with Gasteiger partial charge in [0.2, 0.25) is 0 Å². The number of sulfonamides is 1. The molecule has 0 atom stereocenters. The van der Waals surface area contributed by atoms with E-state index in [-0.39, 0.29) is 16.4 Å². The van der Waals surface area contributed by atoms with Gasteiger partial charge in [-0.1, -0.05) is 54.2 Å². The van der Waals surface area contributed by atoms with Crippen LogP contribution in [0.25, 0.3) is 10.8 Å².